The summed E-state index contributed by atoms with van der Waals surface area (Å²) in [7, 11) is -7.70. The van der Waals surface area contributed by atoms with Gasteiger partial charge in [0.05, 0.1) is 5.73 Å². The minimum Gasteiger partial charge on any atom is -0.437 e. The van der Waals surface area contributed by atoms with Gasteiger partial charge in [-0.15, -0.1) is 0 Å². The van der Waals surface area contributed by atoms with Crippen molar-refractivity contribution in [2.75, 3.05) is 6.61 Å². The van der Waals surface area contributed by atoms with Gasteiger partial charge >= 0.3 is 17.1 Å². The first-order chi connectivity index (χ1) is 9.29. The summed E-state index contributed by atoms with van der Waals surface area (Å²) in [6.07, 6.45) is 1.07. The van der Waals surface area contributed by atoms with Crippen LogP contribution in [0.2, 0.25) is 58.4 Å². The average molecular weight is 367 g/mol. The Morgan fingerprint density at radius 2 is 1.48 bits per heavy atom. The molecule has 0 spiro atoms. The fourth-order valence-corrected chi connectivity index (χ4v) is 20.6. The average Bonchev–Trinajstić information content (AvgIpc) is 2.17. The molecule has 1 fully saturated rings. The van der Waals surface area contributed by atoms with Crippen LogP contribution >= 0.6 is 0 Å². The first-order valence-corrected chi connectivity index (χ1v) is 19.7. The lowest BCUT2D eigenvalue weighted by Crippen LogP contribution is -2.69. The van der Waals surface area contributed by atoms with Crippen molar-refractivity contribution >= 4 is 33.8 Å². The number of ether oxygens (including phenoxy) is 1. The van der Waals surface area contributed by atoms with E-state index < -0.39 is 33.8 Å². The Hall–Kier alpha value is 0.708. The van der Waals surface area contributed by atoms with Crippen LogP contribution in [0.5, 0.6) is 0 Å². The molecular weight excluding hydrogens is 332 g/mol. The van der Waals surface area contributed by atoms with E-state index >= 15 is 0 Å². The smallest absolute Gasteiger partial charge is 0.349 e. The fraction of sp³-hybridized carbons (Fsp3) is 1.00. The quantitative estimate of drug-likeness (QED) is 0.603. The van der Waals surface area contributed by atoms with Gasteiger partial charge in [-0.3, -0.25) is 0 Å². The number of rotatable bonds is 8. The molecule has 2 unspecified atom stereocenters. The summed E-state index contributed by atoms with van der Waals surface area (Å²) in [6, 6.07) is 1.05. The topological polar surface area (TPSA) is 36.9 Å². The molecule has 1 aliphatic rings. The summed E-state index contributed by atoms with van der Waals surface area (Å²) in [4.78, 5) is 0. The van der Waals surface area contributed by atoms with Gasteiger partial charge in [0.15, 0.2) is 16.6 Å². The van der Waals surface area contributed by atoms with Gasteiger partial charge in [0.2, 0.25) is 0 Å². The second-order valence-electron chi connectivity index (χ2n) is 8.23. The first-order valence-electron chi connectivity index (χ1n) is 8.01. The predicted molar refractivity (Wildman–Crippen MR) is 98.0 cm³/mol. The van der Waals surface area contributed by atoms with Crippen molar-refractivity contribution in [3.63, 3.8) is 0 Å². The van der Waals surface area contributed by atoms with Crippen molar-refractivity contribution in [3.05, 3.63) is 0 Å². The van der Waals surface area contributed by atoms with Crippen molar-refractivity contribution in [3.8, 4) is 0 Å². The Morgan fingerprint density at radius 1 is 0.905 bits per heavy atom. The van der Waals surface area contributed by atoms with Crippen LogP contribution in [0, 0.1) is 0 Å². The summed E-state index contributed by atoms with van der Waals surface area (Å²) in [5, 5.41) is 0. The minimum atomic E-state index is -2.27. The lowest BCUT2D eigenvalue weighted by Gasteiger charge is -2.51. The third kappa shape index (κ3) is 6.38. The highest BCUT2D eigenvalue weighted by molar-refractivity contribution is 6.91. The van der Waals surface area contributed by atoms with E-state index in [4.69, 9.17) is 17.1 Å². The third-order valence-electron chi connectivity index (χ3n) is 3.06. The monoisotopic (exact) mass is 366 g/mol. The molecule has 0 aromatic heterocycles. The molecule has 21 heavy (non-hydrogen) atoms. The molecule has 0 radical (unpaired) electrons. The molecule has 4 nitrogen and oxygen atoms in total. The standard InChI is InChI=1S/C13H34O4Si4/c1-10-14-13-11-12-21(13,16-19(5,6)7)17-20(8,9)15-18(2,3)4/h13H,10-12H2,1-9H3. The van der Waals surface area contributed by atoms with E-state index in [0.29, 0.717) is 0 Å². The highest BCUT2D eigenvalue weighted by Crippen LogP contribution is 2.40. The second-order valence-corrected chi connectivity index (χ2v) is 24.7. The van der Waals surface area contributed by atoms with Crippen LogP contribution in [0.15, 0.2) is 0 Å². The molecule has 0 saturated carbocycles. The van der Waals surface area contributed by atoms with Crippen molar-refractivity contribution in [2.45, 2.75) is 77.5 Å². The van der Waals surface area contributed by atoms with Gasteiger partial charge in [-0.1, -0.05) is 0 Å². The van der Waals surface area contributed by atoms with Crippen molar-refractivity contribution in [1.82, 2.24) is 0 Å². The third-order valence-corrected chi connectivity index (χ3v) is 17.1. The molecule has 1 aliphatic heterocycles. The normalized spacial score (nSPS) is 27.6. The lowest BCUT2D eigenvalue weighted by molar-refractivity contribution is 0.0539. The molecule has 0 aromatic rings. The largest absolute Gasteiger partial charge is 0.437 e. The maximum Gasteiger partial charge on any atom is 0.349 e. The number of hydrogen-bond donors (Lipinski definition) is 0. The highest BCUT2D eigenvalue weighted by Gasteiger charge is 2.59. The van der Waals surface area contributed by atoms with E-state index in [1.807, 2.05) is 6.92 Å². The zero-order valence-electron chi connectivity index (χ0n) is 15.3. The van der Waals surface area contributed by atoms with Gasteiger partial charge in [0.1, 0.15) is 0 Å². The maximum atomic E-state index is 6.66. The predicted octanol–water partition coefficient (Wildman–Crippen LogP) is 4.20. The molecule has 1 saturated heterocycles. The fourth-order valence-electron chi connectivity index (χ4n) is 2.86. The highest BCUT2D eigenvalue weighted by atomic mass is 28.5. The van der Waals surface area contributed by atoms with E-state index in [0.717, 1.165) is 19.1 Å². The summed E-state index contributed by atoms with van der Waals surface area (Å²) in [6.45, 7) is 20.5. The Labute approximate surface area is 135 Å². The molecule has 1 heterocycles. The summed E-state index contributed by atoms with van der Waals surface area (Å²) < 4.78 is 25.5. The van der Waals surface area contributed by atoms with Gasteiger partial charge in [0.25, 0.3) is 0 Å². The SMILES string of the molecule is CCOC1CC[Si]1(O[Si](C)(C)C)O[Si](C)(C)O[Si](C)(C)C. The van der Waals surface area contributed by atoms with E-state index in [2.05, 4.69) is 52.4 Å². The van der Waals surface area contributed by atoms with Crippen molar-refractivity contribution in [2.24, 2.45) is 0 Å². The van der Waals surface area contributed by atoms with Crippen LogP contribution in [0.4, 0.5) is 0 Å². The van der Waals surface area contributed by atoms with Crippen LogP contribution in [-0.2, 0) is 17.1 Å². The van der Waals surface area contributed by atoms with Crippen molar-refractivity contribution in [1.29, 1.82) is 0 Å². The Balaban J connectivity index is 2.88. The molecule has 1 rings (SSSR count). The summed E-state index contributed by atoms with van der Waals surface area (Å²) in [5.41, 5.74) is 0.186. The van der Waals surface area contributed by atoms with Crippen LogP contribution in [0.25, 0.3) is 0 Å². The summed E-state index contributed by atoms with van der Waals surface area (Å²) in [5.74, 6) is 0. The molecule has 0 aromatic carbocycles. The molecule has 8 heteroatoms. The Morgan fingerprint density at radius 3 is 1.81 bits per heavy atom. The van der Waals surface area contributed by atoms with Crippen LogP contribution < -0.4 is 0 Å². The van der Waals surface area contributed by atoms with E-state index in [1.54, 1.807) is 0 Å². The maximum absolute atomic E-state index is 6.66. The van der Waals surface area contributed by atoms with E-state index in [9.17, 15) is 0 Å². The molecular formula is C13H34O4Si4. The molecule has 0 bridgehead atoms. The zero-order valence-corrected chi connectivity index (χ0v) is 19.3. The van der Waals surface area contributed by atoms with Crippen molar-refractivity contribution < 1.29 is 17.1 Å². The molecule has 0 N–H and O–H groups in total. The van der Waals surface area contributed by atoms with E-state index in [-0.39, 0.29) is 5.73 Å². The van der Waals surface area contributed by atoms with Crippen LogP contribution in [0.1, 0.15) is 13.3 Å². The number of hydrogen-bond acceptors (Lipinski definition) is 4. The molecule has 0 amide bonds. The van der Waals surface area contributed by atoms with Gasteiger partial charge in [-0.05, 0) is 71.8 Å². The van der Waals surface area contributed by atoms with Crippen LogP contribution in [0.3, 0.4) is 0 Å². The Bertz CT molecular complexity index is 351. The zero-order chi connectivity index (χ0) is 16.5. The molecule has 126 valence electrons. The molecule has 0 aliphatic carbocycles. The van der Waals surface area contributed by atoms with Crippen LogP contribution in [-0.4, -0.2) is 46.1 Å². The Kier molecular flexibility index (Phi) is 6.28. The summed E-state index contributed by atoms with van der Waals surface area (Å²) >= 11 is 0. The van der Waals surface area contributed by atoms with Gasteiger partial charge < -0.3 is 17.1 Å². The van der Waals surface area contributed by atoms with Gasteiger partial charge in [0, 0.05) is 6.61 Å². The van der Waals surface area contributed by atoms with E-state index in [1.165, 1.54) is 0 Å². The second kappa shape index (κ2) is 6.68. The molecule has 2 atom stereocenters. The van der Waals surface area contributed by atoms with Gasteiger partial charge in [-0.2, -0.15) is 0 Å². The first kappa shape index (κ1) is 19.8. The minimum absolute atomic E-state index is 0.186. The van der Waals surface area contributed by atoms with Gasteiger partial charge in [-0.25, -0.2) is 0 Å². The lowest BCUT2D eigenvalue weighted by atomic mass is 10.5.